The van der Waals surface area contributed by atoms with Gasteiger partial charge in [-0.2, -0.15) is 12.6 Å². The number of aliphatic carboxylic acids is 1. The second kappa shape index (κ2) is 4.93. The fourth-order valence-electron chi connectivity index (χ4n) is 1.23. The van der Waals surface area contributed by atoms with Crippen LogP contribution in [0, 0.1) is 5.92 Å². The van der Waals surface area contributed by atoms with E-state index in [4.69, 9.17) is 5.11 Å². The zero-order valence-electron chi connectivity index (χ0n) is 7.84. The van der Waals surface area contributed by atoms with Gasteiger partial charge in [-0.25, -0.2) is 4.79 Å². The fraction of sp³-hybridized carbons (Fsp3) is 0.750. The molecule has 1 amide bonds. The molecule has 1 heterocycles. The molecule has 0 aromatic rings. The summed E-state index contributed by atoms with van der Waals surface area (Å²) < 4.78 is 0. The Kier molecular flexibility index (Phi) is 4.12. The van der Waals surface area contributed by atoms with E-state index in [-0.39, 0.29) is 11.8 Å². The van der Waals surface area contributed by atoms with E-state index in [0.29, 0.717) is 17.4 Å². The highest BCUT2D eigenvalue weighted by molar-refractivity contribution is 7.99. The maximum absolute atomic E-state index is 11.7. The molecule has 0 aromatic heterocycles. The largest absolute Gasteiger partial charge is 0.480 e. The first-order valence-corrected chi connectivity index (χ1v) is 6.08. The number of nitrogens with zero attached hydrogens (tertiary/aromatic N) is 1. The number of carbonyl (C=O) groups excluding carboxylic acids is 1. The minimum atomic E-state index is -0.922. The maximum atomic E-state index is 11.7. The lowest BCUT2D eigenvalue weighted by molar-refractivity contribution is -0.148. The third kappa shape index (κ3) is 2.36. The van der Waals surface area contributed by atoms with E-state index >= 15 is 0 Å². The van der Waals surface area contributed by atoms with E-state index in [0.717, 1.165) is 0 Å². The lowest BCUT2D eigenvalue weighted by atomic mass is 10.1. The summed E-state index contributed by atoms with van der Waals surface area (Å²) in [6.45, 7) is 1.76. The summed E-state index contributed by atoms with van der Waals surface area (Å²) in [5, 5.41) is 8.86. The summed E-state index contributed by atoms with van der Waals surface area (Å²) in [7, 11) is 0. The first-order valence-electron chi connectivity index (χ1n) is 4.29. The highest BCUT2D eigenvalue weighted by atomic mass is 32.2. The topological polar surface area (TPSA) is 57.6 Å². The van der Waals surface area contributed by atoms with Crippen molar-refractivity contribution in [3.8, 4) is 0 Å². The van der Waals surface area contributed by atoms with Gasteiger partial charge in [0.1, 0.15) is 6.04 Å². The molecule has 14 heavy (non-hydrogen) atoms. The van der Waals surface area contributed by atoms with Gasteiger partial charge in [0, 0.05) is 17.4 Å². The number of carbonyl (C=O) groups is 2. The monoisotopic (exact) mass is 235 g/mol. The van der Waals surface area contributed by atoms with Crippen molar-refractivity contribution in [2.45, 2.75) is 13.0 Å². The van der Waals surface area contributed by atoms with Gasteiger partial charge in [-0.1, -0.05) is 6.92 Å². The van der Waals surface area contributed by atoms with Gasteiger partial charge in [-0.3, -0.25) is 4.79 Å². The molecular weight excluding hydrogens is 222 g/mol. The number of thioether (sulfide) groups is 1. The van der Waals surface area contributed by atoms with Gasteiger partial charge in [0.25, 0.3) is 0 Å². The van der Waals surface area contributed by atoms with Crippen LogP contribution >= 0.6 is 24.4 Å². The third-order valence-corrected chi connectivity index (χ3v) is 3.71. The summed E-state index contributed by atoms with van der Waals surface area (Å²) in [5.74, 6) is 0.173. The minimum Gasteiger partial charge on any atom is -0.480 e. The molecule has 6 heteroatoms. The number of hydrogen-bond acceptors (Lipinski definition) is 4. The smallest absolute Gasteiger partial charge is 0.327 e. The highest BCUT2D eigenvalue weighted by Gasteiger charge is 2.35. The zero-order chi connectivity index (χ0) is 10.7. The number of thiol groups is 1. The molecule has 0 radical (unpaired) electrons. The van der Waals surface area contributed by atoms with Gasteiger partial charge in [0.2, 0.25) is 5.91 Å². The molecule has 80 valence electrons. The van der Waals surface area contributed by atoms with Crippen molar-refractivity contribution in [3.05, 3.63) is 0 Å². The highest BCUT2D eigenvalue weighted by Crippen LogP contribution is 2.23. The van der Waals surface area contributed by atoms with Crippen LogP contribution in [0.3, 0.4) is 0 Å². The number of carboxylic acids is 1. The molecule has 0 aliphatic carbocycles. The van der Waals surface area contributed by atoms with Crippen molar-refractivity contribution in [2.75, 3.05) is 17.4 Å². The Bertz CT molecular complexity index is 247. The van der Waals surface area contributed by atoms with Crippen molar-refractivity contribution in [3.63, 3.8) is 0 Å². The summed E-state index contributed by atoms with van der Waals surface area (Å²) >= 11 is 5.50. The molecule has 1 N–H and O–H groups in total. The van der Waals surface area contributed by atoms with E-state index in [1.807, 2.05) is 0 Å². The van der Waals surface area contributed by atoms with Crippen LogP contribution < -0.4 is 0 Å². The molecule has 0 saturated carbocycles. The Balaban J connectivity index is 2.67. The standard InChI is InChI=1S/C8H13NO3S2/c1-5(2-13)7(10)9-4-14-3-6(9)8(11)12/h5-6,13H,2-4H2,1H3,(H,11,12)/t5-,6+/m1/s1. The van der Waals surface area contributed by atoms with Gasteiger partial charge >= 0.3 is 5.97 Å². The second-order valence-corrected chi connectivity index (χ2v) is 4.61. The van der Waals surface area contributed by atoms with Gasteiger partial charge in [0.05, 0.1) is 5.88 Å². The van der Waals surface area contributed by atoms with Crippen molar-refractivity contribution in [1.29, 1.82) is 0 Å². The predicted molar refractivity (Wildman–Crippen MR) is 58.6 cm³/mol. The molecule has 1 rings (SSSR count). The third-order valence-electron chi connectivity index (χ3n) is 2.15. The zero-order valence-corrected chi connectivity index (χ0v) is 9.55. The normalized spacial score (nSPS) is 23.6. The summed E-state index contributed by atoms with van der Waals surface area (Å²) in [6.07, 6.45) is 0. The Morgan fingerprint density at radius 1 is 1.71 bits per heavy atom. The summed E-state index contributed by atoms with van der Waals surface area (Å²) in [5.41, 5.74) is 0. The minimum absolute atomic E-state index is 0.114. The maximum Gasteiger partial charge on any atom is 0.327 e. The average Bonchev–Trinajstić information content (AvgIpc) is 2.63. The molecule has 0 aromatic carbocycles. The quantitative estimate of drug-likeness (QED) is 0.701. The van der Waals surface area contributed by atoms with Crippen molar-refractivity contribution >= 4 is 36.3 Å². The summed E-state index contributed by atoms with van der Waals surface area (Å²) in [4.78, 5) is 23.9. The Morgan fingerprint density at radius 3 is 2.86 bits per heavy atom. The van der Waals surface area contributed by atoms with Gasteiger partial charge < -0.3 is 10.0 Å². The van der Waals surface area contributed by atoms with E-state index in [2.05, 4.69) is 12.6 Å². The first kappa shape index (κ1) is 11.7. The van der Waals surface area contributed by atoms with E-state index in [9.17, 15) is 9.59 Å². The van der Waals surface area contributed by atoms with Crippen LogP contribution in [0.2, 0.25) is 0 Å². The Morgan fingerprint density at radius 2 is 2.36 bits per heavy atom. The molecular formula is C8H13NO3S2. The molecule has 1 aliphatic heterocycles. The van der Waals surface area contributed by atoms with Crippen LogP contribution in [0.5, 0.6) is 0 Å². The number of rotatable bonds is 3. The fourth-order valence-corrected chi connectivity index (χ4v) is 2.54. The van der Waals surface area contributed by atoms with Crippen LogP contribution in [0.15, 0.2) is 0 Å². The van der Waals surface area contributed by atoms with Gasteiger partial charge in [-0.15, -0.1) is 11.8 Å². The van der Waals surface area contributed by atoms with Crippen LogP contribution in [0.25, 0.3) is 0 Å². The van der Waals surface area contributed by atoms with Crippen LogP contribution in [0.4, 0.5) is 0 Å². The molecule has 0 spiro atoms. The Hall–Kier alpha value is -0.360. The molecule has 2 atom stereocenters. The second-order valence-electron chi connectivity index (χ2n) is 3.25. The van der Waals surface area contributed by atoms with Gasteiger partial charge in [-0.05, 0) is 0 Å². The number of amides is 1. The van der Waals surface area contributed by atoms with Crippen molar-refractivity contribution < 1.29 is 14.7 Å². The average molecular weight is 235 g/mol. The molecule has 4 nitrogen and oxygen atoms in total. The molecule has 0 bridgehead atoms. The SMILES string of the molecule is C[C@H](CS)C(=O)N1CSC[C@H]1C(=O)O. The lowest BCUT2D eigenvalue weighted by Crippen LogP contribution is -2.44. The van der Waals surface area contributed by atoms with E-state index in [1.54, 1.807) is 6.92 Å². The number of carboxylic acid groups (broad SMARTS) is 1. The number of hydrogen-bond donors (Lipinski definition) is 2. The molecule has 1 saturated heterocycles. The van der Waals surface area contributed by atoms with Crippen LogP contribution in [0.1, 0.15) is 6.92 Å². The van der Waals surface area contributed by atoms with Crippen LogP contribution in [-0.4, -0.2) is 45.3 Å². The van der Waals surface area contributed by atoms with Gasteiger partial charge in [0.15, 0.2) is 0 Å². The molecule has 0 unspecified atom stereocenters. The van der Waals surface area contributed by atoms with Crippen LogP contribution in [-0.2, 0) is 9.59 Å². The molecule has 1 aliphatic rings. The molecule has 1 fully saturated rings. The van der Waals surface area contributed by atoms with E-state index < -0.39 is 12.0 Å². The predicted octanol–water partition coefficient (Wildman–Crippen LogP) is 0.538. The first-order chi connectivity index (χ1) is 6.57. The van der Waals surface area contributed by atoms with Crippen molar-refractivity contribution in [2.24, 2.45) is 5.92 Å². The lowest BCUT2D eigenvalue weighted by Gasteiger charge is -2.23. The van der Waals surface area contributed by atoms with E-state index in [1.165, 1.54) is 16.7 Å². The Labute approximate surface area is 92.4 Å². The summed E-state index contributed by atoms with van der Waals surface area (Å²) in [6, 6.07) is -0.658. The van der Waals surface area contributed by atoms with Crippen molar-refractivity contribution in [1.82, 2.24) is 4.90 Å².